The number of amides is 2. The summed E-state index contributed by atoms with van der Waals surface area (Å²) in [5, 5.41) is 0. The van der Waals surface area contributed by atoms with Gasteiger partial charge in [-0.05, 0) is 57.0 Å². The Hall–Kier alpha value is -1.99. The fourth-order valence-corrected chi connectivity index (χ4v) is 4.63. The molecule has 3 fully saturated rings. The molecule has 2 amide bonds. The van der Waals surface area contributed by atoms with E-state index in [1.54, 1.807) is 4.90 Å². The van der Waals surface area contributed by atoms with Gasteiger partial charge < -0.3 is 14.5 Å². The van der Waals surface area contributed by atoms with Crippen molar-refractivity contribution in [1.29, 1.82) is 0 Å². The molecular weight excluding hydrogens is 361 g/mol. The van der Waals surface area contributed by atoms with Crippen LogP contribution in [0, 0.1) is 5.82 Å². The maximum atomic E-state index is 13.4. The summed E-state index contributed by atoms with van der Waals surface area (Å²) in [6.45, 7) is 3.22. The standard InChI is InChI=1S/C21H28FN3O3/c1-23-11-13-24(14-12-23)20(27)18-15-28-21(9-3-2-4-10-21)25(18)19(26)16-5-7-17(22)8-6-16/h5-8,18H,2-4,9-15H2,1H3/t18-/m0/s1. The Kier molecular flexibility index (Phi) is 5.38. The fourth-order valence-electron chi connectivity index (χ4n) is 4.63. The van der Waals surface area contributed by atoms with Crippen molar-refractivity contribution < 1.29 is 18.7 Å². The molecule has 1 aromatic rings. The molecule has 1 aromatic carbocycles. The predicted molar refractivity (Wildman–Crippen MR) is 102 cm³/mol. The Labute approximate surface area is 165 Å². The normalized spacial score (nSPS) is 25.3. The van der Waals surface area contributed by atoms with Crippen LogP contribution in [-0.2, 0) is 9.53 Å². The molecule has 1 aliphatic carbocycles. The first-order valence-corrected chi connectivity index (χ1v) is 10.2. The van der Waals surface area contributed by atoms with Crippen LogP contribution in [0.5, 0.6) is 0 Å². The third kappa shape index (κ3) is 3.53. The van der Waals surface area contributed by atoms with Crippen molar-refractivity contribution in [1.82, 2.24) is 14.7 Å². The molecule has 0 bridgehead atoms. The largest absolute Gasteiger partial charge is 0.353 e. The maximum absolute atomic E-state index is 13.4. The van der Waals surface area contributed by atoms with E-state index in [9.17, 15) is 14.0 Å². The molecule has 28 heavy (non-hydrogen) atoms. The average Bonchev–Trinajstić information content (AvgIpc) is 3.07. The summed E-state index contributed by atoms with van der Waals surface area (Å²) in [6.07, 6.45) is 4.55. The lowest BCUT2D eigenvalue weighted by Crippen LogP contribution is -2.58. The molecule has 4 rings (SSSR count). The van der Waals surface area contributed by atoms with E-state index < -0.39 is 11.8 Å². The average molecular weight is 389 g/mol. The molecule has 2 heterocycles. The monoisotopic (exact) mass is 389 g/mol. The van der Waals surface area contributed by atoms with Crippen LogP contribution in [0.2, 0.25) is 0 Å². The molecule has 7 heteroatoms. The molecular formula is C21H28FN3O3. The highest BCUT2D eigenvalue weighted by molar-refractivity contribution is 5.98. The highest BCUT2D eigenvalue weighted by Crippen LogP contribution is 2.41. The minimum Gasteiger partial charge on any atom is -0.353 e. The SMILES string of the molecule is CN1CCN(C(=O)[C@@H]2COC3(CCCCC3)N2C(=O)c2ccc(F)cc2)CC1. The van der Waals surface area contributed by atoms with Gasteiger partial charge in [0.05, 0.1) is 6.61 Å². The van der Waals surface area contributed by atoms with Crippen LogP contribution in [-0.4, -0.2) is 78.1 Å². The van der Waals surface area contributed by atoms with Gasteiger partial charge in [-0.1, -0.05) is 6.42 Å². The Morgan fingerprint density at radius 1 is 1.04 bits per heavy atom. The molecule has 2 aliphatic heterocycles. The number of carbonyl (C=O) groups excluding carboxylic acids is 2. The van der Waals surface area contributed by atoms with Crippen LogP contribution < -0.4 is 0 Å². The van der Waals surface area contributed by atoms with Crippen molar-refractivity contribution >= 4 is 11.8 Å². The molecule has 152 valence electrons. The Balaban J connectivity index is 1.62. The molecule has 6 nitrogen and oxygen atoms in total. The van der Waals surface area contributed by atoms with Gasteiger partial charge in [0.1, 0.15) is 17.6 Å². The van der Waals surface area contributed by atoms with Gasteiger partial charge in [0.2, 0.25) is 5.91 Å². The van der Waals surface area contributed by atoms with Crippen LogP contribution in [0.15, 0.2) is 24.3 Å². The summed E-state index contributed by atoms with van der Waals surface area (Å²) in [6, 6.07) is 4.94. The molecule has 1 saturated carbocycles. The second kappa shape index (κ2) is 7.79. The number of hydrogen-bond donors (Lipinski definition) is 0. The van der Waals surface area contributed by atoms with E-state index in [0.717, 1.165) is 45.2 Å². The third-order valence-electron chi connectivity index (χ3n) is 6.31. The van der Waals surface area contributed by atoms with Crippen LogP contribution in [0.1, 0.15) is 42.5 Å². The van der Waals surface area contributed by atoms with Crippen molar-refractivity contribution in [3.05, 3.63) is 35.6 Å². The number of ether oxygens (including phenoxy) is 1. The summed E-state index contributed by atoms with van der Waals surface area (Å²) in [4.78, 5) is 32.5. The second-order valence-corrected chi connectivity index (χ2v) is 8.14. The molecule has 2 saturated heterocycles. The number of carbonyl (C=O) groups is 2. The summed E-state index contributed by atoms with van der Waals surface area (Å²) in [7, 11) is 2.04. The lowest BCUT2D eigenvalue weighted by atomic mass is 9.89. The molecule has 1 spiro atoms. The van der Waals surface area contributed by atoms with Gasteiger partial charge in [0.25, 0.3) is 5.91 Å². The lowest BCUT2D eigenvalue weighted by Gasteiger charge is -2.42. The number of rotatable bonds is 2. The van der Waals surface area contributed by atoms with Crippen LogP contribution in [0.25, 0.3) is 0 Å². The van der Waals surface area contributed by atoms with E-state index in [0.29, 0.717) is 18.7 Å². The third-order valence-corrected chi connectivity index (χ3v) is 6.31. The van der Waals surface area contributed by atoms with E-state index >= 15 is 0 Å². The number of nitrogens with zero attached hydrogens (tertiary/aromatic N) is 3. The van der Waals surface area contributed by atoms with Gasteiger partial charge in [-0.25, -0.2) is 4.39 Å². The van der Waals surface area contributed by atoms with E-state index in [-0.39, 0.29) is 24.2 Å². The van der Waals surface area contributed by atoms with Gasteiger partial charge in [0, 0.05) is 31.7 Å². The molecule has 1 atom stereocenters. The second-order valence-electron chi connectivity index (χ2n) is 8.14. The zero-order valence-corrected chi connectivity index (χ0v) is 16.4. The van der Waals surface area contributed by atoms with Gasteiger partial charge in [0.15, 0.2) is 0 Å². The van der Waals surface area contributed by atoms with Crippen molar-refractivity contribution in [3.8, 4) is 0 Å². The fraction of sp³-hybridized carbons (Fsp3) is 0.619. The highest BCUT2D eigenvalue weighted by Gasteiger charge is 2.53. The Bertz CT molecular complexity index is 725. The van der Waals surface area contributed by atoms with E-state index in [4.69, 9.17) is 4.74 Å². The van der Waals surface area contributed by atoms with Crippen LogP contribution >= 0.6 is 0 Å². The number of halogens is 1. The Morgan fingerprint density at radius 3 is 2.32 bits per heavy atom. The van der Waals surface area contributed by atoms with E-state index in [1.165, 1.54) is 24.3 Å². The van der Waals surface area contributed by atoms with Gasteiger partial charge in [-0.15, -0.1) is 0 Å². The maximum Gasteiger partial charge on any atom is 0.256 e. The predicted octanol–water partition coefficient (Wildman–Crippen LogP) is 2.10. The summed E-state index contributed by atoms with van der Waals surface area (Å²) in [5.74, 6) is -0.662. The minimum absolute atomic E-state index is 0.0361. The van der Waals surface area contributed by atoms with E-state index in [2.05, 4.69) is 4.90 Å². The van der Waals surface area contributed by atoms with Crippen LogP contribution in [0.3, 0.4) is 0 Å². The van der Waals surface area contributed by atoms with Crippen LogP contribution in [0.4, 0.5) is 4.39 Å². The molecule has 0 aromatic heterocycles. The van der Waals surface area contributed by atoms with Crippen molar-refractivity contribution in [3.63, 3.8) is 0 Å². The minimum atomic E-state index is -0.712. The molecule has 0 N–H and O–H groups in total. The number of benzene rings is 1. The first-order valence-electron chi connectivity index (χ1n) is 10.2. The molecule has 3 aliphatic rings. The zero-order chi connectivity index (χ0) is 19.7. The number of hydrogen-bond acceptors (Lipinski definition) is 4. The van der Waals surface area contributed by atoms with Gasteiger partial charge in [-0.2, -0.15) is 0 Å². The number of likely N-dealkylation sites (N-methyl/N-ethyl adjacent to an activating group) is 1. The van der Waals surface area contributed by atoms with Crippen molar-refractivity contribution in [2.75, 3.05) is 39.8 Å². The summed E-state index contributed by atoms with van der Waals surface area (Å²) >= 11 is 0. The lowest BCUT2D eigenvalue weighted by molar-refractivity contribution is -0.138. The van der Waals surface area contributed by atoms with E-state index in [1.807, 2.05) is 11.9 Å². The molecule has 0 unspecified atom stereocenters. The summed E-state index contributed by atoms with van der Waals surface area (Å²) in [5.41, 5.74) is -0.315. The highest BCUT2D eigenvalue weighted by atomic mass is 19.1. The first-order chi connectivity index (χ1) is 13.5. The smallest absolute Gasteiger partial charge is 0.256 e. The zero-order valence-electron chi connectivity index (χ0n) is 16.4. The first kappa shape index (κ1) is 19.3. The van der Waals surface area contributed by atoms with Crippen molar-refractivity contribution in [2.45, 2.75) is 43.9 Å². The van der Waals surface area contributed by atoms with Gasteiger partial charge >= 0.3 is 0 Å². The number of piperazine rings is 1. The Morgan fingerprint density at radius 2 is 1.68 bits per heavy atom. The van der Waals surface area contributed by atoms with Crippen molar-refractivity contribution in [2.24, 2.45) is 0 Å². The topological polar surface area (TPSA) is 53.1 Å². The summed E-state index contributed by atoms with van der Waals surface area (Å²) < 4.78 is 19.5. The molecule has 0 radical (unpaired) electrons. The quantitative estimate of drug-likeness (QED) is 0.777. The van der Waals surface area contributed by atoms with Gasteiger partial charge in [-0.3, -0.25) is 14.5 Å².